The van der Waals surface area contributed by atoms with Crippen LogP contribution in [0.3, 0.4) is 0 Å². The molecule has 3 unspecified atom stereocenters. The molecule has 1 saturated carbocycles. The molecule has 1 N–H and O–H groups in total. The number of hydrogen-bond acceptors (Lipinski definition) is 2. The average molecular weight is 240 g/mol. The largest absolute Gasteiger partial charge is 0.313 e. The molecule has 1 aliphatic rings. The van der Waals surface area contributed by atoms with E-state index in [0.717, 1.165) is 24.5 Å². The van der Waals surface area contributed by atoms with E-state index >= 15 is 0 Å². The van der Waals surface area contributed by atoms with E-state index in [1.54, 1.807) is 0 Å². The van der Waals surface area contributed by atoms with Gasteiger partial charge in [-0.1, -0.05) is 34.1 Å². The summed E-state index contributed by atoms with van der Waals surface area (Å²) in [7, 11) is 0. The van der Waals surface area contributed by atoms with Gasteiger partial charge in [-0.2, -0.15) is 0 Å². The molecule has 102 valence electrons. The molecule has 1 rings (SSSR count). The summed E-state index contributed by atoms with van der Waals surface area (Å²) >= 11 is 0. The zero-order valence-electron chi connectivity index (χ0n) is 12.3. The maximum absolute atomic E-state index is 3.71. The van der Waals surface area contributed by atoms with Crippen LogP contribution in [-0.2, 0) is 0 Å². The smallest absolute Gasteiger partial charge is 0.0251 e. The number of likely N-dealkylation sites (N-methyl/N-ethyl adjacent to an activating group) is 2. The third-order valence-corrected chi connectivity index (χ3v) is 4.35. The van der Waals surface area contributed by atoms with E-state index in [2.05, 4.69) is 37.9 Å². The van der Waals surface area contributed by atoms with E-state index in [9.17, 15) is 0 Å². The highest BCUT2D eigenvalue weighted by molar-refractivity contribution is 4.90. The Kier molecular flexibility index (Phi) is 7.14. The van der Waals surface area contributed by atoms with Crippen LogP contribution in [-0.4, -0.2) is 36.6 Å². The fourth-order valence-electron chi connectivity index (χ4n) is 3.35. The molecule has 2 heteroatoms. The zero-order chi connectivity index (χ0) is 12.7. The van der Waals surface area contributed by atoms with Gasteiger partial charge in [0.05, 0.1) is 0 Å². The van der Waals surface area contributed by atoms with Crippen LogP contribution in [0, 0.1) is 5.92 Å². The van der Waals surface area contributed by atoms with Gasteiger partial charge in [-0.05, 0) is 51.2 Å². The molecule has 0 spiro atoms. The highest BCUT2D eigenvalue weighted by Crippen LogP contribution is 2.30. The number of rotatable bonds is 7. The van der Waals surface area contributed by atoms with Gasteiger partial charge in [-0.25, -0.2) is 0 Å². The van der Waals surface area contributed by atoms with Crippen molar-refractivity contribution in [3.63, 3.8) is 0 Å². The quantitative estimate of drug-likeness (QED) is 0.735. The van der Waals surface area contributed by atoms with Gasteiger partial charge in [0.2, 0.25) is 0 Å². The van der Waals surface area contributed by atoms with Crippen molar-refractivity contribution in [3.8, 4) is 0 Å². The van der Waals surface area contributed by atoms with Crippen molar-refractivity contribution in [3.05, 3.63) is 0 Å². The predicted molar refractivity (Wildman–Crippen MR) is 76.4 cm³/mol. The summed E-state index contributed by atoms with van der Waals surface area (Å²) in [5.41, 5.74) is 0. The van der Waals surface area contributed by atoms with Crippen molar-refractivity contribution in [1.82, 2.24) is 10.2 Å². The minimum Gasteiger partial charge on any atom is -0.313 e. The van der Waals surface area contributed by atoms with Crippen LogP contribution in [0.15, 0.2) is 0 Å². The summed E-state index contributed by atoms with van der Waals surface area (Å²) in [5, 5.41) is 3.71. The molecule has 0 radical (unpaired) electrons. The van der Waals surface area contributed by atoms with Crippen LogP contribution in [0.25, 0.3) is 0 Å². The Labute approximate surface area is 108 Å². The van der Waals surface area contributed by atoms with Crippen molar-refractivity contribution in [2.45, 2.75) is 71.9 Å². The molecular weight excluding hydrogens is 208 g/mol. The monoisotopic (exact) mass is 240 g/mol. The molecule has 0 aromatic rings. The maximum Gasteiger partial charge on any atom is 0.0251 e. The van der Waals surface area contributed by atoms with Crippen LogP contribution >= 0.6 is 0 Å². The normalized spacial score (nSPS) is 29.8. The van der Waals surface area contributed by atoms with Crippen molar-refractivity contribution in [2.24, 2.45) is 5.92 Å². The number of nitrogens with one attached hydrogen (secondary N) is 1. The Balaban J connectivity index is 2.63. The second kappa shape index (κ2) is 8.10. The Morgan fingerprint density at radius 1 is 1.12 bits per heavy atom. The first kappa shape index (κ1) is 15.0. The molecule has 0 aromatic heterocycles. The van der Waals surface area contributed by atoms with Crippen LogP contribution < -0.4 is 5.32 Å². The zero-order valence-corrected chi connectivity index (χ0v) is 12.3. The third-order valence-electron chi connectivity index (χ3n) is 4.35. The third kappa shape index (κ3) is 4.26. The van der Waals surface area contributed by atoms with E-state index < -0.39 is 0 Å². The fraction of sp³-hybridized carbons (Fsp3) is 1.00. The second-order valence-electron chi connectivity index (χ2n) is 5.45. The van der Waals surface area contributed by atoms with Crippen LogP contribution in [0.2, 0.25) is 0 Å². The molecule has 1 aliphatic carbocycles. The molecule has 17 heavy (non-hydrogen) atoms. The van der Waals surface area contributed by atoms with Crippen LogP contribution in [0.4, 0.5) is 0 Å². The summed E-state index contributed by atoms with van der Waals surface area (Å²) < 4.78 is 0. The summed E-state index contributed by atoms with van der Waals surface area (Å²) in [5.74, 6) is 0.959. The predicted octanol–water partition coefficient (Wildman–Crippen LogP) is 3.28. The van der Waals surface area contributed by atoms with Crippen molar-refractivity contribution >= 4 is 0 Å². The van der Waals surface area contributed by atoms with Crippen molar-refractivity contribution in [1.29, 1.82) is 0 Å². The first-order chi connectivity index (χ1) is 8.26. The number of nitrogens with zero attached hydrogens (tertiary/aromatic N) is 1. The molecule has 0 bridgehead atoms. The maximum atomic E-state index is 3.71. The van der Waals surface area contributed by atoms with Gasteiger partial charge < -0.3 is 5.32 Å². The lowest BCUT2D eigenvalue weighted by Crippen LogP contribution is -2.53. The topological polar surface area (TPSA) is 15.3 Å². The van der Waals surface area contributed by atoms with Gasteiger partial charge >= 0.3 is 0 Å². The molecule has 1 fully saturated rings. The first-order valence-electron chi connectivity index (χ1n) is 7.74. The Morgan fingerprint density at radius 2 is 1.88 bits per heavy atom. The van der Waals surface area contributed by atoms with Gasteiger partial charge in [-0.15, -0.1) is 0 Å². The van der Waals surface area contributed by atoms with E-state index in [4.69, 9.17) is 0 Å². The second-order valence-corrected chi connectivity index (χ2v) is 5.45. The Hall–Kier alpha value is -0.0800. The van der Waals surface area contributed by atoms with Gasteiger partial charge in [0.1, 0.15) is 0 Å². The van der Waals surface area contributed by atoms with Gasteiger partial charge in [0, 0.05) is 12.1 Å². The Morgan fingerprint density at radius 3 is 2.41 bits per heavy atom. The van der Waals surface area contributed by atoms with E-state index in [0.29, 0.717) is 0 Å². The molecular formula is C15H32N2. The molecule has 0 heterocycles. The summed E-state index contributed by atoms with van der Waals surface area (Å²) in [4.78, 5) is 2.70. The summed E-state index contributed by atoms with van der Waals surface area (Å²) in [6.07, 6.45) is 6.84. The highest BCUT2D eigenvalue weighted by Gasteiger charge is 2.32. The van der Waals surface area contributed by atoms with Crippen LogP contribution in [0.5, 0.6) is 0 Å². The first-order valence-corrected chi connectivity index (χ1v) is 7.74. The van der Waals surface area contributed by atoms with Crippen LogP contribution in [0.1, 0.15) is 59.8 Å². The molecule has 0 aromatic carbocycles. The van der Waals surface area contributed by atoms with Gasteiger partial charge in [0.25, 0.3) is 0 Å². The summed E-state index contributed by atoms with van der Waals surface area (Å²) in [6.45, 7) is 12.8. The lowest BCUT2D eigenvalue weighted by atomic mass is 9.80. The molecule has 0 saturated heterocycles. The van der Waals surface area contributed by atoms with Gasteiger partial charge in [0.15, 0.2) is 0 Å². The fourth-order valence-corrected chi connectivity index (χ4v) is 3.35. The molecule has 0 aliphatic heterocycles. The average Bonchev–Trinajstić information content (AvgIpc) is 2.37. The van der Waals surface area contributed by atoms with E-state index in [1.165, 1.54) is 45.2 Å². The lowest BCUT2D eigenvalue weighted by molar-refractivity contribution is 0.100. The Bertz CT molecular complexity index is 185. The van der Waals surface area contributed by atoms with E-state index in [-0.39, 0.29) is 0 Å². The number of hydrogen-bond donors (Lipinski definition) is 1. The molecule has 2 nitrogen and oxygen atoms in total. The lowest BCUT2D eigenvalue weighted by Gasteiger charge is -2.42. The standard InChI is InChI=1S/C15H32N2/c1-5-11-17(8-4)15-12-13(6-2)9-10-14(15)16-7-3/h13-16H,5-12H2,1-4H3. The minimum atomic E-state index is 0.731. The molecule has 3 atom stereocenters. The van der Waals surface area contributed by atoms with Gasteiger partial charge in [-0.3, -0.25) is 4.90 Å². The highest BCUT2D eigenvalue weighted by atomic mass is 15.2. The summed E-state index contributed by atoms with van der Waals surface area (Å²) in [6, 6.07) is 1.51. The van der Waals surface area contributed by atoms with Crippen molar-refractivity contribution < 1.29 is 0 Å². The van der Waals surface area contributed by atoms with E-state index in [1.807, 2.05) is 0 Å². The van der Waals surface area contributed by atoms with Crippen molar-refractivity contribution in [2.75, 3.05) is 19.6 Å². The SMILES string of the molecule is CCCN(CC)C1CC(CC)CCC1NCC. The minimum absolute atomic E-state index is 0.731. The molecule has 0 amide bonds.